The van der Waals surface area contributed by atoms with E-state index in [1.807, 2.05) is 0 Å². The number of nitrogens with one attached hydrogen (secondary N) is 1. The molecular formula is C16H15FN2O5. The van der Waals surface area contributed by atoms with Gasteiger partial charge in [-0.2, -0.15) is 4.39 Å². The number of benzene rings is 2. The number of halogens is 1. The van der Waals surface area contributed by atoms with Crippen LogP contribution in [0.2, 0.25) is 0 Å². The van der Waals surface area contributed by atoms with Crippen LogP contribution in [0.15, 0.2) is 42.5 Å². The summed E-state index contributed by atoms with van der Waals surface area (Å²) in [5.41, 5.74) is -0.602. The first-order valence-corrected chi connectivity index (χ1v) is 6.96. The Labute approximate surface area is 137 Å². The summed E-state index contributed by atoms with van der Waals surface area (Å²) in [6, 6.07) is 9.76. The minimum atomic E-state index is -0.972. The highest BCUT2D eigenvalue weighted by atomic mass is 19.1. The molecule has 126 valence electrons. The number of amides is 1. The molecule has 0 aliphatic carbocycles. The van der Waals surface area contributed by atoms with Crippen molar-refractivity contribution in [3.05, 3.63) is 58.4 Å². The van der Waals surface area contributed by atoms with E-state index < -0.39 is 28.4 Å². The van der Waals surface area contributed by atoms with Crippen LogP contribution in [-0.4, -0.2) is 24.0 Å². The summed E-state index contributed by atoms with van der Waals surface area (Å²) in [4.78, 5) is 21.9. The van der Waals surface area contributed by atoms with Gasteiger partial charge in [0.2, 0.25) is 5.82 Å². The third-order valence-corrected chi connectivity index (χ3v) is 3.15. The molecule has 2 aromatic carbocycles. The largest absolute Gasteiger partial charge is 0.497 e. The molecule has 0 bridgehead atoms. The fraction of sp³-hybridized carbons (Fsp3) is 0.188. The quantitative estimate of drug-likeness (QED) is 0.647. The molecule has 0 fully saturated rings. The lowest BCUT2D eigenvalue weighted by Crippen LogP contribution is -2.30. The van der Waals surface area contributed by atoms with Gasteiger partial charge >= 0.3 is 5.69 Å². The number of nitro benzene ring substituents is 1. The smallest absolute Gasteiger partial charge is 0.306 e. The Morgan fingerprint density at radius 1 is 1.21 bits per heavy atom. The molecule has 2 aromatic rings. The van der Waals surface area contributed by atoms with Gasteiger partial charge < -0.3 is 14.8 Å². The standard InChI is InChI=1S/C16H15FN2O5/c1-10(24-13-6-4-12(23-2)5-7-13)16(20)18-11-3-8-14(17)15(9-11)19(21)22/h3-10H,1-2H3,(H,18,20). The summed E-state index contributed by atoms with van der Waals surface area (Å²) in [6.07, 6.45) is -0.859. The average molecular weight is 334 g/mol. The van der Waals surface area contributed by atoms with Gasteiger partial charge in [-0.05, 0) is 43.3 Å². The summed E-state index contributed by atoms with van der Waals surface area (Å²) >= 11 is 0. The number of methoxy groups -OCH3 is 1. The third kappa shape index (κ3) is 4.19. The molecule has 1 atom stereocenters. The van der Waals surface area contributed by atoms with Crippen molar-refractivity contribution in [1.29, 1.82) is 0 Å². The molecule has 0 spiro atoms. The van der Waals surface area contributed by atoms with Crippen molar-refractivity contribution in [1.82, 2.24) is 0 Å². The lowest BCUT2D eigenvalue weighted by Gasteiger charge is -2.15. The molecule has 2 rings (SSSR count). The van der Waals surface area contributed by atoms with Crippen LogP contribution in [0.4, 0.5) is 15.8 Å². The molecule has 0 aliphatic rings. The highest BCUT2D eigenvalue weighted by Gasteiger charge is 2.18. The highest BCUT2D eigenvalue weighted by molar-refractivity contribution is 5.94. The SMILES string of the molecule is COc1ccc(OC(C)C(=O)Nc2ccc(F)c([N+](=O)[O-])c2)cc1. The molecule has 0 heterocycles. The number of hydrogen-bond donors (Lipinski definition) is 1. The summed E-state index contributed by atoms with van der Waals surface area (Å²) in [6.45, 7) is 1.53. The van der Waals surface area contributed by atoms with E-state index in [2.05, 4.69) is 5.32 Å². The molecule has 0 radical (unpaired) electrons. The monoisotopic (exact) mass is 334 g/mol. The lowest BCUT2D eigenvalue weighted by molar-refractivity contribution is -0.387. The van der Waals surface area contributed by atoms with Gasteiger partial charge in [0.25, 0.3) is 5.91 Å². The topological polar surface area (TPSA) is 90.7 Å². The van der Waals surface area contributed by atoms with E-state index in [0.29, 0.717) is 11.5 Å². The molecule has 1 amide bonds. The van der Waals surface area contributed by atoms with Crippen molar-refractivity contribution in [2.24, 2.45) is 0 Å². The zero-order valence-electron chi connectivity index (χ0n) is 13.0. The van der Waals surface area contributed by atoms with Crippen molar-refractivity contribution in [3.63, 3.8) is 0 Å². The van der Waals surface area contributed by atoms with Crippen LogP contribution < -0.4 is 14.8 Å². The summed E-state index contributed by atoms with van der Waals surface area (Å²) in [5, 5.41) is 13.2. The molecule has 0 aliphatic heterocycles. The van der Waals surface area contributed by atoms with Gasteiger partial charge in [-0.3, -0.25) is 14.9 Å². The second-order valence-corrected chi connectivity index (χ2v) is 4.85. The number of carbonyl (C=O) groups excluding carboxylic acids is 1. The Hall–Kier alpha value is -3.16. The second-order valence-electron chi connectivity index (χ2n) is 4.85. The van der Waals surface area contributed by atoms with Crippen molar-refractivity contribution in [3.8, 4) is 11.5 Å². The first kappa shape index (κ1) is 17.2. The van der Waals surface area contributed by atoms with E-state index in [-0.39, 0.29) is 5.69 Å². The van der Waals surface area contributed by atoms with E-state index >= 15 is 0 Å². The van der Waals surface area contributed by atoms with Crippen LogP contribution in [0.5, 0.6) is 11.5 Å². The Balaban J connectivity index is 2.03. The van der Waals surface area contributed by atoms with Crippen molar-refractivity contribution >= 4 is 17.3 Å². The molecular weight excluding hydrogens is 319 g/mol. The first-order valence-electron chi connectivity index (χ1n) is 6.96. The molecule has 24 heavy (non-hydrogen) atoms. The minimum Gasteiger partial charge on any atom is -0.497 e. The fourth-order valence-corrected chi connectivity index (χ4v) is 1.89. The van der Waals surface area contributed by atoms with Crippen LogP contribution in [0.1, 0.15) is 6.92 Å². The maximum Gasteiger partial charge on any atom is 0.306 e. The van der Waals surface area contributed by atoms with E-state index in [9.17, 15) is 19.3 Å². The fourth-order valence-electron chi connectivity index (χ4n) is 1.89. The van der Waals surface area contributed by atoms with Gasteiger partial charge in [0, 0.05) is 11.8 Å². The Morgan fingerprint density at radius 2 is 1.83 bits per heavy atom. The van der Waals surface area contributed by atoms with Gasteiger partial charge in [-0.25, -0.2) is 0 Å². The van der Waals surface area contributed by atoms with Gasteiger partial charge in [0.15, 0.2) is 6.10 Å². The lowest BCUT2D eigenvalue weighted by atomic mass is 10.2. The molecule has 7 nitrogen and oxygen atoms in total. The molecule has 0 saturated heterocycles. The summed E-state index contributed by atoms with van der Waals surface area (Å²) in [5.74, 6) is -0.381. The molecule has 8 heteroatoms. The van der Waals surface area contributed by atoms with Crippen LogP contribution in [0, 0.1) is 15.9 Å². The second kappa shape index (κ2) is 7.40. The Morgan fingerprint density at radius 3 is 2.42 bits per heavy atom. The van der Waals surface area contributed by atoms with Gasteiger partial charge in [-0.15, -0.1) is 0 Å². The third-order valence-electron chi connectivity index (χ3n) is 3.15. The molecule has 1 unspecified atom stereocenters. The van der Waals surface area contributed by atoms with Crippen molar-refractivity contribution < 1.29 is 23.6 Å². The van der Waals surface area contributed by atoms with Gasteiger partial charge in [0.05, 0.1) is 12.0 Å². The van der Waals surface area contributed by atoms with Crippen LogP contribution in [0.25, 0.3) is 0 Å². The Kier molecular flexibility index (Phi) is 5.31. The predicted molar refractivity (Wildman–Crippen MR) is 84.8 cm³/mol. The molecule has 0 aromatic heterocycles. The number of carbonyl (C=O) groups is 1. The number of anilines is 1. The maximum absolute atomic E-state index is 13.3. The van der Waals surface area contributed by atoms with Crippen molar-refractivity contribution in [2.45, 2.75) is 13.0 Å². The number of nitrogens with zero attached hydrogens (tertiary/aromatic N) is 1. The Bertz CT molecular complexity index is 749. The highest BCUT2D eigenvalue weighted by Crippen LogP contribution is 2.22. The zero-order chi connectivity index (χ0) is 17.7. The number of hydrogen-bond acceptors (Lipinski definition) is 5. The normalized spacial score (nSPS) is 11.5. The van der Waals surface area contributed by atoms with Gasteiger partial charge in [-0.1, -0.05) is 0 Å². The zero-order valence-corrected chi connectivity index (χ0v) is 13.0. The van der Waals surface area contributed by atoms with Crippen LogP contribution >= 0.6 is 0 Å². The number of nitro groups is 1. The minimum absolute atomic E-state index is 0.110. The first-order chi connectivity index (χ1) is 11.4. The molecule has 1 N–H and O–H groups in total. The molecule has 0 saturated carbocycles. The van der Waals surface area contributed by atoms with Crippen LogP contribution in [0.3, 0.4) is 0 Å². The van der Waals surface area contributed by atoms with E-state index in [0.717, 1.165) is 12.1 Å². The summed E-state index contributed by atoms with van der Waals surface area (Å²) in [7, 11) is 1.54. The van der Waals surface area contributed by atoms with Crippen molar-refractivity contribution in [2.75, 3.05) is 12.4 Å². The van der Waals surface area contributed by atoms with Gasteiger partial charge in [0.1, 0.15) is 11.5 Å². The number of ether oxygens (including phenoxy) is 2. The summed E-state index contributed by atoms with van der Waals surface area (Å²) < 4.78 is 23.8. The average Bonchev–Trinajstić information content (AvgIpc) is 2.57. The van der Waals surface area contributed by atoms with E-state index in [1.54, 1.807) is 24.3 Å². The van der Waals surface area contributed by atoms with Crippen LogP contribution in [-0.2, 0) is 4.79 Å². The number of rotatable bonds is 6. The van der Waals surface area contributed by atoms with E-state index in [4.69, 9.17) is 9.47 Å². The van der Waals surface area contributed by atoms with E-state index in [1.165, 1.54) is 20.1 Å². The maximum atomic E-state index is 13.3. The predicted octanol–water partition coefficient (Wildman–Crippen LogP) is 3.15.